The van der Waals surface area contributed by atoms with Gasteiger partial charge in [-0.3, -0.25) is 4.99 Å². The van der Waals surface area contributed by atoms with Crippen molar-refractivity contribution in [2.75, 3.05) is 52.3 Å². The Bertz CT molecular complexity index is 570. The summed E-state index contributed by atoms with van der Waals surface area (Å²) in [6.45, 7) is 7.26. The van der Waals surface area contributed by atoms with Crippen LogP contribution in [0.25, 0.3) is 0 Å². The fraction of sp³-hybridized carbons (Fsp3) is 0.667. The number of aliphatic imine (C=N–C) groups is 1. The van der Waals surface area contributed by atoms with Crippen molar-refractivity contribution < 1.29 is 13.9 Å². The van der Waals surface area contributed by atoms with Crippen molar-refractivity contribution in [3.8, 4) is 0 Å². The van der Waals surface area contributed by atoms with Gasteiger partial charge in [0.05, 0.1) is 6.10 Å². The highest BCUT2D eigenvalue weighted by Gasteiger charge is 2.21. The van der Waals surface area contributed by atoms with E-state index in [9.17, 15) is 4.39 Å². The van der Waals surface area contributed by atoms with Crippen molar-refractivity contribution in [3.63, 3.8) is 0 Å². The molecule has 1 saturated heterocycles. The van der Waals surface area contributed by atoms with Crippen LogP contribution >= 0.6 is 35.7 Å². The summed E-state index contributed by atoms with van der Waals surface area (Å²) in [4.78, 5) is 8.24. The van der Waals surface area contributed by atoms with Crippen LogP contribution in [0.2, 0.25) is 0 Å². The third kappa shape index (κ3) is 10.8. The quantitative estimate of drug-likeness (QED) is 0.149. The summed E-state index contributed by atoms with van der Waals surface area (Å²) in [5.74, 6) is 1.80. The summed E-state index contributed by atoms with van der Waals surface area (Å²) in [5, 5.41) is 3.41. The van der Waals surface area contributed by atoms with E-state index < -0.39 is 0 Å². The first-order chi connectivity index (χ1) is 13.7. The molecule has 1 aromatic carbocycles. The summed E-state index contributed by atoms with van der Waals surface area (Å²) in [6.07, 6.45) is 4.38. The number of ether oxygens (including phenoxy) is 2. The van der Waals surface area contributed by atoms with E-state index in [-0.39, 0.29) is 29.8 Å². The zero-order valence-corrected chi connectivity index (χ0v) is 20.7. The number of halogens is 2. The van der Waals surface area contributed by atoms with Crippen LogP contribution in [0.5, 0.6) is 0 Å². The molecule has 0 aromatic heterocycles. The average Bonchev–Trinajstić information content (AvgIpc) is 2.72. The van der Waals surface area contributed by atoms with Crippen LogP contribution in [0.3, 0.4) is 0 Å². The number of likely N-dealkylation sites (tertiary alicyclic amines) is 1. The Hall–Kier alpha value is -0.580. The number of hydrogen-bond acceptors (Lipinski definition) is 4. The van der Waals surface area contributed by atoms with Crippen LogP contribution in [0.4, 0.5) is 4.39 Å². The molecule has 0 spiro atoms. The lowest BCUT2D eigenvalue weighted by molar-refractivity contribution is 0.00991. The number of nitrogens with one attached hydrogen (secondary N) is 1. The van der Waals surface area contributed by atoms with Gasteiger partial charge in [-0.05, 0) is 62.6 Å². The van der Waals surface area contributed by atoms with Gasteiger partial charge in [0.15, 0.2) is 5.96 Å². The zero-order valence-electron chi connectivity index (χ0n) is 17.6. The highest BCUT2D eigenvalue weighted by atomic mass is 127. The van der Waals surface area contributed by atoms with Gasteiger partial charge >= 0.3 is 0 Å². The van der Waals surface area contributed by atoms with Crippen LogP contribution in [0.15, 0.2) is 34.2 Å². The molecule has 0 aliphatic carbocycles. The van der Waals surface area contributed by atoms with Crippen LogP contribution in [0, 0.1) is 5.82 Å². The maximum atomic E-state index is 12.9. The Morgan fingerprint density at radius 2 is 1.93 bits per heavy atom. The molecule has 1 fully saturated rings. The third-order valence-corrected chi connectivity index (χ3v) is 5.67. The highest BCUT2D eigenvalue weighted by molar-refractivity contribution is 14.0. The summed E-state index contributed by atoms with van der Waals surface area (Å²) < 4.78 is 23.9. The number of piperidine rings is 1. The van der Waals surface area contributed by atoms with E-state index >= 15 is 0 Å². The molecule has 0 amide bonds. The van der Waals surface area contributed by atoms with Crippen molar-refractivity contribution in [1.82, 2.24) is 10.2 Å². The molecule has 0 atom stereocenters. The molecular formula is C21H35FIN3O2S. The zero-order chi connectivity index (χ0) is 20.0. The van der Waals surface area contributed by atoms with Gasteiger partial charge in [0.1, 0.15) is 5.82 Å². The molecule has 29 heavy (non-hydrogen) atoms. The van der Waals surface area contributed by atoms with E-state index in [0.717, 1.165) is 81.7 Å². The van der Waals surface area contributed by atoms with E-state index in [0.29, 0.717) is 6.10 Å². The monoisotopic (exact) mass is 539 g/mol. The Kier molecular flexibility index (Phi) is 14.7. The minimum Gasteiger partial charge on any atom is -0.385 e. The van der Waals surface area contributed by atoms with Gasteiger partial charge in [0, 0.05) is 51.4 Å². The molecule has 1 heterocycles. The van der Waals surface area contributed by atoms with E-state index in [4.69, 9.17) is 14.5 Å². The summed E-state index contributed by atoms with van der Waals surface area (Å²) >= 11 is 1.75. The van der Waals surface area contributed by atoms with Gasteiger partial charge in [-0.2, -0.15) is 0 Å². The first-order valence-electron chi connectivity index (χ1n) is 10.2. The average molecular weight is 539 g/mol. The molecule has 1 aliphatic heterocycles. The van der Waals surface area contributed by atoms with Gasteiger partial charge in [0.25, 0.3) is 0 Å². The predicted molar refractivity (Wildman–Crippen MR) is 130 cm³/mol. The molecule has 8 heteroatoms. The normalized spacial score (nSPS) is 15.3. The van der Waals surface area contributed by atoms with Gasteiger partial charge in [-0.1, -0.05) is 0 Å². The Morgan fingerprint density at radius 1 is 1.21 bits per heavy atom. The molecule has 5 nitrogen and oxygen atoms in total. The lowest BCUT2D eigenvalue weighted by Crippen LogP contribution is -2.47. The molecular weight excluding hydrogens is 504 g/mol. The van der Waals surface area contributed by atoms with Gasteiger partial charge in [0.2, 0.25) is 0 Å². The number of rotatable bonds is 11. The maximum absolute atomic E-state index is 12.9. The Labute approximate surface area is 196 Å². The smallest absolute Gasteiger partial charge is 0.193 e. The van der Waals surface area contributed by atoms with Crippen LogP contribution in [-0.4, -0.2) is 69.2 Å². The third-order valence-electron chi connectivity index (χ3n) is 4.57. The fourth-order valence-electron chi connectivity index (χ4n) is 3.08. The SMILES string of the molecule is CCNC(=NCCCSc1ccc(F)cc1)N1CCC(OCCCOC)CC1.I. The lowest BCUT2D eigenvalue weighted by Gasteiger charge is -2.34. The molecule has 0 bridgehead atoms. The van der Waals surface area contributed by atoms with E-state index in [1.807, 2.05) is 12.1 Å². The summed E-state index contributed by atoms with van der Waals surface area (Å²) in [7, 11) is 1.72. The van der Waals surface area contributed by atoms with E-state index in [1.54, 1.807) is 18.9 Å². The molecule has 0 radical (unpaired) electrons. The van der Waals surface area contributed by atoms with Gasteiger partial charge in [-0.15, -0.1) is 35.7 Å². The molecule has 166 valence electrons. The summed E-state index contributed by atoms with van der Waals surface area (Å²) in [5.41, 5.74) is 0. The van der Waals surface area contributed by atoms with E-state index in [2.05, 4.69) is 17.1 Å². The Morgan fingerprint density at radius 3 is 2.59 bits per heavy atom. The Balaban J connectivity index is 0.00000420. The van der Waals surface area contributed by atoms with Crippen molar-refractivity contribution in [1.29, 1.82) is 0 Å². The number of hydrogen-bond donors (Lipinski definition) is 1. The number of thioether (sulfide) groups is 1. The minimum atomic E-state index is -0.187. The second kappa shape index (κ2) is 16.2. The van der Waals surface area contributed by atoms with Crippen LogP contribution in [0.1, 0.15) is 32.6 Å². The van der Waals surface area contributed by atoms with Crippen LogP contribution in [-0.2, 0) is 9.47 Å². The van der Waals surface area contributed by atoms with Gasteiger partial charge < -0.3 is 19.7 Å². The van der Waals surface area contributed by atoms with Crippen molar-refractivity contribution in [2.24, 2.45) is 4.99 Å². The second-order valence-electron chi connectivity index (χ2n) is 6.80. The van der Waals surface area contributed by atoms with Crippen molar-refractivity contribution in [3.05, 3.63) is 30.1 Å². The largest absolute Gasteiger partial charge is 0.385 e. The topological polar surface area (TPSA) is 46.1 Å². The first kappa shape index (κ1) is 26.5. The molecule has 1 N–H and O–H groups in total. The molecule has 1 aliphatic rings. The molecule has 2 rings (SSSR count). The molecule has 0 saturated carbocycles. The maximum Gasteiger partial charge on any atom is 0.193 e. The van der Waals surface area contributed by atoms with Crippen molar-refractivity contribution in [2.45, 2.75) is 43.6 Å². The predicted octanol–water partition coefficient (Wildman–Crippen LogP) is 4.41. The fourth-order valence-corrected chi connectivity index (χ4v) is 3.92. The lowest BCUT2D eigenvalue weighted by atomic mass is 10.1. The minimum absolute atomic E-state index is 0. The summed E-state index contributed by atoms with van der Waals surface area (Å²) in [6, 6.07) is 6.67. The van der Waals surface area contributed by atoms with Crippen molar-refractivity contribution >= 4 is 41.7 Å². The number of nitrogens with zero attached hydrogens (tertiary/aromatic N) is 2. The number of methoxy groups -OCH3 is 1. The molecule has 0 unspecified atom stereocenters. The molecule has 1 aromatic rings. The second-order valence-corrected chi connectivity index (χ2v) is 7.96. The highest BCUT2D eigenvalue weighted by Crippen LogP contribution is 2.19. The van der Waals surface area contributed by atoms with Gasteiger partial charge in [-0.25, -0.2) is 4.39 Å². The van der Waals surface area contributed by atoms with Crippen LogP contribution < -0.4 is 5.32 Å². The number of benzene rings is 1. The van der Waals surface area contributed by atoms with E-state index in [1.165, 1.54) is 12.1 Å². The number of guanidine groups is 1. The standard InChI is InChI=1S/C21H34FN3O2S.HI/c1-3-23-21(24-12-4-17-28-20-8-6-18(22)7-9-20)25-13-10-19(11-14-25)27-16-5-15-26-2;/h6-9,19H,3-5,10-17H2,1-2H3,(H,23,24);1H. The first-order valence-corrected chi connectivity index (χ1v) is 11.2.